The van der Waals surface area contributed by atoms with Crippen molar-refractivity contribution in [2.45, 2.75) is 63.6 Å². The van der Waals surface area contributed by atoms with Gasteiger partial charge in [-0.3, -0.25) is 14.6 Å². The van der Waals surface area contributed by atoms with Crippen molar-refractivity contribution in [3.8, 4) is 0 Å². The fourth-order valence-electron chi connectivity index (χ4n) is 4.75. The molecule has 2 aliphatic heterocycles. The van der Waals surface area contributed by atoms with E-state index in [0.717, 1.165) is 41.0 Å². The van der Waals surface area contributed by atoms with Crippen LogP contribution in [-0.4, -0.2) is 46.2 Å². The number of ether oxygens (including phenoxy) is 1. The van der Waals surface area contributed by atoms with E-state index in [1.807, 2.05) is 48.4 Å². The molecule has 176 valence electrons. The van der Waals surface area contributed by atoms with Gasteiger partial charge in [-0.15, -0.1) is 11.8 Å². The van der Waals surface area contributed by atoms with Crippen LogP contribution in [0.4, 0.5) is 0 Å². The number of benzene rings is 1. The Kier molecular flexibility index (Phi) is 7.39. The molecule has 3 heterocycles. The highest BCUT2D eigenvalue weighted by Crippen LogP contribution is 2.32. The number of hydrogen-bond donors (Lipinski definition) is 1. The van der Waals surface area contributed by atoms with Crippen LogP contribution in [-0.2, 0) is 33.8 Å². The Morgan fingerprint density at radius 3 is 2.82 bits per heavy atom. The lowest BCUT2D eigenvalue weighted by atomic mass is 9.86. The highest BCUT2D eigenvalue weighted by atomic mass is 32.2. The van der Waals surface area contributed by atoms with Gasteiger partial charge in [0.15, 0.2) is 0 Å². The first-order valence-electron chi connectivity index (χ1n) is 11.7. The second-order valence-electron chi connectivity index (χ2n) is 9.51. The molecule has 6 nitrogen and oxygen atoms in total. The van der Waals surface area contributed by atoms with E-state index in [0.29, 0.717) is 32.0 Å². The van der Waals surface area contributed by atoms with Crippen LogP contribution in [0.25, 0.3) is 0 Å². The highest BCUT2D eigenvalue weighted by molar-refractivity contribution is 8.00. The number of amides is 2. The van der Waals surface area contributed by atoms with Crippen LogP contribution in [0.3, 0.4) is 0 Å². The molecule has 1 fully saturated rings. The van der Waals surface area contributed by atoms with Gasteiger partial charge in [-0.05, 0) is 68.9 Å². The van der Waals surface area contributed by atoms with Gasteiger partial charge in [-0.1, -0.05) is 18.2 Å². The molecule has 2 amide bonds. The maximum absolute atomic E-state index is 13.2. The second kappa shape index (κ2) is 10.3. The zero-order valence-electron chi connectivity index (χ0n) is 19.7. The van der Waals surface area contributed by atoms with Crippen LogP contribution in [0.15, 0.2) is 41.4 Å². The Balaban J connectivity index is 1.37. The molecule has 1 atom stereocenters. The molecule has 1 N–H and O–H groups in total. The maximum Gasteiger partial charge on any atom is 0.230 e. The van der Waals surface area contributed by atoms with E-state index in [1.165, 1.54) is 17.3 Å². The molecule has 1 aromatic carbocycles. The topological polar surface area (TPSA) is 71.5 Å². The molecule has 0 spiro atoms. The molecule has 2 aromatic rings. The lowest BCUT2D eigenvalue weighted by molar-refractivity contribution is -0.146. The van der Waals surface area contributed by atoms with Gasteiger partial charge in [0.1, 0.15) is 0 Å². The number of carbonyl (C=O) groups excluding carboxylic acids is 2. The largest absolute Gasteiger partial charge is 0.376 e. The first-order valence-corrected chi connectivity index (χ1v) is 12.6. The Bertz CT molecular complexity index is 1010. The third kappa shape index (κ3) is 5.95. The van der Waals surface area contributed by atoms with E-state index in [4.69, 9.17) is 4.74 Å². The van der Waals surface area contributed by atoms with Crippen molar-refractivity contribution in [1.29, 1.82) is 0 Å². The van der Waals surface area contributed by atoms with Gasteiger partial charge in [0.2, 0.25) is 11.8 Å². The smallest absolute Gasteiger partial charge is 0.230 e. The third-order valence-electron chi connectivity index (χ3n) is 6.53. The van der Waals surface area contributed by atoms with E-state index < -0.39 is 0 Å². The number of fused-ring (bicyclic) bond motifs is 1. The summed E-state index contributed by atoms with van der Waals surface area (Å²) in [4.78, 5) is 33.3. The van der Waals surface area contributed by atoms with Crippen LogP contribution in [0.1, 0.15) is 49.1 Å². The molecule has 33 heavy (non-hydrogen) atoms. The Morgan fingerprint density at radius 2 is 2.06 bits per heavy atom. The van der Waals surface area contributed by atoms with Crippen molar-refractivity contribution < 1.29 is 14.3 Å². The van der Waals surface area contributed by atoms with Crippen LogP contribution in [0.5, 0.6) is 0 Å². The molecule has 0 aliphatic carbocycles. The van der Waals surface area contributed by atoms with Gasteiger partial charge < -0.3 is 15.0 Å². The van der Waals surface area contributed by atoms with Gasteiger partial charge >= 0.3 is 0 Å². The first kappa shape index (κ1) is 23.8. The fourth-order valence-corrected chi connectivity index (χ4v) is 5.50. The molecule has 0 unspecified atom stereocenters. The van der Waals surface area contributed by atoms with Crippen molar-refractivity contribution in [3.05, 3.63) is 58.9 Å². The second-order valence-corrected chi connectivity index (χ2v) is 10.6. The molecule has 2 aliphatic rings. The molecule has 1 saturated heterocycles. The summed E-state index contributed by atoms with van der Waals surface area (Å²) in [7, 11) is 0. The van der Waals surface area contributed by atoms with Gasteiger partial charge in [-0.2, -0.15) is 0 Å². The number of nitrogens with one attached hydrogen (secondary N) is 1. The van der Waals surface area contributed by atoms with Gasteiger partial charge in [-0.25, -0.2) is 0 Å². The summed E-state index contributed by atoms with van der Waals surface area (Å²) in [6.45, 7) is 8.51. The van der Waals surface area contributed by atoms with E-state index in [9.17, 15) is 9.59 Å². The average molecular weight is 468 g/mol. The van der Waals surface area contributed by atoms with Crippen molar-refractivity contribution in [2.24, 2.45) is 5.92 Å². The normalized spacial score (nSPS) is 19.6. The molecule has 0 bridgehead atoms. The van der Waals surface area contributed by atoms with Crippen LogP contribution >= 0.6 is 11.8 Å². The lowest BCUT2D eigenvalue weighted by Gasteiger charge is -2.38. The van der Waals surface area contributed by atoms with Crippen molar-refractivity contribution in [3.63, 3.8) is 0 Å². The van der Waals surface area contributed by atoms with E-state index >= 15 is 0 Å². The molecule has 7 heteroatoms. The highest BCUT2D eigenvalue weighted by Gasteiger charge is 2.36. The standard InChI is InChI=1S/C26H33N3O3S/c1-18-23(15-28-24(30)17-33-21-7-5-4-6-8-21)22-9-11-29(16-20(22)14-27-18)25(31)19-10-12-32-26(2,3)13-19/h4-8,14,19H,9-13,15-17H2,1-3H3,(H,28,30)/t19-/m1/s1. The maximum atomic E-state index is 13.2. The minimum absolute atomic E-state index is 0.00982. The zero-order chi connectivity index (χ0) is 23.4. The molecule has 0 radical (unpaired) electrons. The number of pyridine rings is 1. The number of aryl methyl sites for hydroxylation is 1. The number of thioether (sulfide) groups is 1. The molecular weight excluding hydrogens is 434 g/mol. The molecule has 4 rings (SSSR count). The van der Waals surface area contributed by atoms with Gasteiger partial charge in [0.05, 0.1) is 11.4 Å². The van der Waals surface area contributed by atoms with Gasteiger partial charge in [0, 0.05) is 48.9 Å². The van der Waals surface area contributed by atoms with Crippen molar-refractivity contribution in [2.75, 3.05) is 18.9 Å². The summed E-state index contributed by atoms with van der Waals surface area (Å²) in [5.41, 5.74) is 4.11. The predicted molar refractivity (Wildman–Crippen MR) is 130 cm³/mol. The number of hydrogen-bond acceptors (Lipinski definition) is 5. The molecule has 0 saturated carbocycles. The number of nitrogens with zero attached hydrogens (tertiary/aromatic N) is 2. The lowest BCUT2D eigenvalue weighted by Crippen LogP contribution is -2.45. The van der Waals surface area contributed by atoms with Crippen molar-refractivity contribution >= 4 is 23.6 Å². The zero-order valence-corrected chi connectivity index (χ0v) is 20.5. The Morgan fingerprint density at radius 1 is 1.27 bits per heavy atom. The quantitative estimate of drug-likeness (QED) is 0.653. The van der Waals surface area contributed by atoms with E-state index in [1.54, 1.807) is 0 Å². The van der Waals surface area contributed by atoms with Crippen LogP contribution in [0, 0.1) is 12.8 Å². The summed E-state index contributed by atoms with van der Waals surface area (Å²) >= 11 is 1.53. The number of aromatic nitrogens is 1. The van der Waals surface area contributed by atoms with E-state index in [-0.39, 0.29) is 23.3 Å². The first-order chi connectivity index (χ1) is 15.8. The minimum Gasteiger partial charge on any atom is -0.376 e. The number of rotatable bonds is 6. The van der Waals surface area contributed by atoms with Crippen molar-refractivity contribution in [1.82, 2.24) is 15.2 Å². The minimum atomic E-state index is -0.241. The summed E-state index contributed by atoms with van der Waals surface area (Å²) in [5, 5.41) is 3.06. The fraction of sp³-hybridized carbons (Fsp3) is 0.500. The van der Waals surface area contributed by atoms with E-state index in [2.05, 4.69) is 24.1 Å². The summed E-state index contributed by atoms with van der Waals surface area (Å²) in [5.74, 6) is 0.644. The van der Waals surface area contributed by atoms with Crippen LogP contribution < -0.4 is 5.32 Å². The summed E-state index contributed by atoms with van der Waals surface area (Å²) in [6.07, 6.45) is 4.24. The Labute approximate surface area is 200 Å². The molecule has 1 aromatic heterocycles. The van der Waals surface area contributed by atoms with Gasteiger partial charge in [0.25, 0.3) is 0 Å². The predicted octanol–water partition coefficient (Wildman–Crippen LogP) is 3.89. The Hall–Kier alpha value is -2.38. The summed E-state index contributed by atoms with van der Waals surface area (Å²) < 4.78 is 5.79. The van der Waals surface area contributed by atoms with Crippen LogP contribution in [0.2, 0.25) is 0 Å². The monoisotopic (exact) mass is 467 g/mol. The number of carbonyl (C=O) groups is 2. The SMILES string of the molecule is Cc1ncc2c(c1CNC(=O)CSc1ccccc1)CCN(C(=O)[C@@H]1CCOC(C)(C)C1)C2. The third-order valence-corrected chi connectivity index (χ3v) is 7.54. The molecular formula is C26H33N3O3S. The average Bonchev–Trinajstić information content (AvgIpc) is 2.81. The summed E-state index contributed by atoms with van der Waals surface area (Å²) in [6, 6.07) is 9.93.